The Morgan fingerprint density at radius 1 is 1.19 bits per heavy atom. The van der Waals surface area contributed by atoms with Crippen molar-refractivity contribution < 1.29 is 27.4 Å². The molecule has 4 N–H and O–H groups in total. The number of ether oxygens (including phenoxy) is 1. The van der Waals surface area contributed by atoms with E-state index in [-0.39, 0.29) is 16.3 Å². The third-order valence-corrected chi connectivity index (χ3v) is 5.79. The van der Waals surface area contributed by atoms with E-state index in [0.29, 0.717) is 23.5 Å². The van der Waals surface area contributed by atoms with Gasteiger partial charge in [-0.1, -0.05) is 37.6 Å². The number of alkyl halides is 3. The molecule has 1 unspecified atom stereocenters. The van der Waals surface area contributed by atoms with Crippen LogP contribution in [0.25, 0.3) is 0 Å². The Morgan fingerprint density at radius 2 is 1.90 bits per heavy atom. The van der Waals surface area contributed by atoms with Crippen LogP contribution in [0.1, 0.15) is 31.4 Å². The highest BCUT2D eigenvalue weighted by Crippen LogP contribution is 2.44. The first-order valence-electron chi connectivity index (χ1n) is 9.56. The molecule has 5 nitrogen and oxygen atoms in total. The van der Waals surface area contributed by atoms with Crippen LogP contribution < -0.4 is 20.9 Å². The second-order valence-electron chi connectivity index (χ2n) is 8.19. The third-order valence-electron chi connectivity index (χ3n) is 5.47. The van der Waals surface area contributed by atoms with E-state index in [0.717, 1.165) is 6.07 Å². The molecule has 31 heavy (non-hydrogen) atoms. The molecule has 3 rings (SSSR count). The van der Waals surface area contributed by atoms with E-state index in [1.165, 1.54) is 33.1 Å². The van der Waals surface area contributed by atoms with Crippen molar-refractivity contribution in [3.05, 3.63) is 52.3 Å². The van der Waals surface area contributed by atoms with E-state index < -0.39 is 36.0 Å². The standard InChI is InChI=1S/C21H24ClF4N3O2/c1-19(2,13-5-4-6-15(23)18(13)31-3)10-20(30,21(24,25)26)11-27-17-12-9-28-29-16(12)8-7-14(17)22/h4-8,27-30H,9-11H2,1-3H3. The molecule has 0 spiro atoms. The van der Waals surface area contributed by atoms with Crippen molar-refractivity contribution in [3.63, 3.8) is 0 Å². The maximum atomic E-state index is 14.1. The molecule has 1 aliphatic heterocycles. The summed E-state index contributed by atoms with van der Waals surface area (Å²) >= 11 is 6.20. The zero-order valence-corrected chi connectivity index (χ0v) is 18.0. The minimum atomic E-state index is -4.96. The van der Waals surface area contributed by atoms with Gasteiger partial charge in [-0.3, -0.25) is 0 Å². The van der Waals surface area contributed by atoms with Crippen molar-refractivity contribution in [2.24, 2.45) is 0 Å². The number of aliphatic hydroxyl groups is 1. The molecule has 0 fully saturated rings. The molecule has 1 atom stereocenters. The summed E-state index contributed by atoms with van der Waals surface area (Å²) in [5.41, 5.74) is 3.26. The molecule has 0 saturated heterocycles. The highest BCUT2D eigenvalue weighted by molar-refractivity contribution is 6.33. The molecule has 10 heteroatoms. The average molecular weight is 462 g/mol. The van der Waals surface area contributed by atoms with Gasteiger partial charge in [-0.25, -0.2) is 9.82 Å². The van der Waals surface area contributed by atoms with E-state index >= 15 is 0 Å². The molecule has 170 valence electrons. The van der Waals surface area contributed by atoms with Crippen LogP contribution >= 0.6 is 11.6 Å². The predicted molar refractivity (Wildman–Crippen MR) is 112 cm³/mol. The Labute approximate surface area is 182 Å². The molecular weight excluding hydrogens is 438 g/mol. The minimum Gasteiger partial charge on any atom is -0.493 e. The number of anilines is 2. The maximum absolute atomic E-state index is 14.1. The van der Waals surface area contributed by atoms with Crippen LogP contribution in [0.3, 0.4) is 0 Å². The molecule has 0 saturated carbocycles. The monoisotopic (exact) mass is 461 g/mol. The summed E-state index contributed by atoms with van der Waals surface area (Å²) in [6, 6.07) is 7.31. The van der Waals surface area contributed by atoms with Crippen molar-refractivity contribution in [3.8, 4) is 5.75 Å². The van der Waals surface area contributed by atoms with Gasteiger partial charge in [-0.15, -0.1) is 0 Å². The molecule has 0 bridgehead atoms. The van der Waals surface area contributed by atoms with Gasteiger partial charge in [0.05, 0.1) is 30.1 Å². The summed E-state index contributed by atoms with van der Waals surface area (Å²) in [4.78, 5) is 0. The van der Waals surface area contributed by atoms with Gasteiger partial charge in [0.25, 0.3) is 0 Å². The Kier molecular flexibility index (Phi) is 6.32. The Bertz CT molecular complexity index is 968. The van der Waals surface area contributed by atoms with Crippen LogP contribution in [-0.2, 0) is 12.0 Å². The van der Waals surface area contributed by atoms with Crippen molar-refractivity contribution in [1.29, 1.82) is 0 Å². The number of benzene rings is 2. The van der Waals surface area contributed by atoms with Crippen LogP contribution in [0.4, 0.5) is 28.9 Å². The van der Waals surface area contributed by atoms with Crippen molar-refractivity contribution >= 4 is 23.0 Å². The lowest BCUT2D eigenvalue weighted by atomic mass is 9.74. The van der Waals surface area contributed by atoms with Gasteiger partial charge in [0.2, 0.25) is 0 Å². The molecule has 1 aliphatic rings. The Morgan fingerprint density at radius 3 is 2.55 bits per heavy atom. The first-order valence-corrected chi connectivity index (χ1v) is 9.93. The summed E-state index contributed by atoms with van der Waals surface area (Å²) in [6.07, 6.45) is -5.70. The number of halogens is 5. The normalized spacial score (nSPS) is 15.8. The van der Waals surface area contributed by atoms with E-state index in [1.807, 2.05) is 0 Å². The van der Waals surface area contributed by atoms with Crippen molar-refractivity contribution in [2.75, 3.05) is 24.4 Å². The van der Waals surface area contributed by atoms with Gasteiger partial charge in [-0.2, -0.15) is 13.2 Å². The maximum Gasteiger partial charge on any atom is 0.418 e. The number of nitrogens with one attached hydrogen (secondary N) is 3. The summed E-state index contributed by atoms with van der Waals surface area (Å²) in [6.45, 7) is 2.52. The van der Waals surface area contributed by atoms with Gasteiger partial charge in [0.15, 0.2) is 17.2 Å². The van der Waals surface area contributed by atoms with E-state index in [9.17, 15) is 22.7 Å². The number of fused-ring (bicyclic) bond motifs is 1. The lowest BCUT2D eigenvalue weighted by Crippen LogP contribution is -2.53. The lowest BCUT2D eigenvalue weighted by Gasteiger charge is -2.38. The number of methoxy groups -OCH3 is 1. The highest BCUT2D eigenvalue weighted by Gasteiger charge is 2.56. The Hall–Kier alpha value is -2.23. The molecule has 1 heterocycles. The van der Waals surface area contributed by atoms with E-state index in [2.05, 4.69) is 16.2 Å². The first kappa shape index (κ1) is 23.4. The SMILES string of the molecule is COc1c(F)cccc1C(C)(C)CC(O)(CNc1c(Cl)ccc2c1CNN2)C(F)(F)F. The lowest BCUT2D eigenvalue weighted by molar-refractivity contribution is -0.260. The van der Waals surface area contributed by atoms with Gasteiger partial charge >= 0.3 is 6.18 Å². The molecule has 0 amide bonds. The second kappa shape index (κ2) is 8.37. The smallest absolute Gasteiger partial charge is 0.418 e. The zero-order chi connectivity index (χ0) is 23.0. The fraction of sp³-hybridized carbons (Fsp3) is 0.429. The number of hydrogen-bond acceptors (Lipinski definition) is 5. The van der Waals surface area contributed by atoms with Crippen LogP contribution in [0, 0.1) is 5.82 Å². The quantitative estimate of drug-likeness (QED) is 0.437. The van der Waals surface area contributed by atoms with E-state index in [1.54, 1.807) is 12.1 Å². The van der Waals surface area contributed by atoms with Gasteiger partial charge in [0, 0.05) is 17.7 Å². The van der Waals surface area contributed by atoms with Crippen LogP contribution in [0.2, 0.25) is 5.02 Å². The molecular formula is C21H24ClF4N3O2. The summed E-state index contributed by atoms with van der Waals surface area (Å²) in [5, 5.41) is 13.7. The zero-order valence-electron chi connectivity index (χ0n) is 17.3. The average Bonchev–Trinajstić information content (AvgIpc) is 3.14. The van der Waals surface area contributed by atoms with Gasteiger partial charge < -0.3 is 20.6 Å². The molecule has 2 aromatic carbocycles. The van der Waals surface area contributed by atoms with Crippen molar-refractivity contribution in [1.82, 2.24) is 5.43 Å². The minimum absolute atomic E-state index is 0.147. The number of rotatable bonds is 7. The van der Waals surface area contributed by atoms with Gasteiger partial charge in [-0.05, 0) is 30.0 Å². The van der Waals surface area contributed by atoms with Crippen LogP contribution in [-0.4, -0.2) is 30.5 Å². The summed E-state index contributed by atoms with van der Waals surface area (Å²) in [5.74, 6) is -0.834. The Balaban J connectivity index is 1.92. The molecule has 0 radical (unpaired) electrons. The molecule has 0 aromatic heterocycles. The number of hydrogen-bond donors (Lipinski definition) is 4. The largest absolute Gasteiger partial charge is 0.493 e. The van der Waals surface area contributed by atoms with Crippen molar-refractivity contribution in [2.45, 2.75) is 44.0 Å². The molecule has 2 aromatic rings. The summed E-state index contributed by atoms with van der Waals surface area (Å²) in [7, 11) is 1.25. The fourth-order valence-electron chi connectivity index (χ4n) is 3.91. The fourth-order valence-corrected chi connectivity index (χ4v) is 4.16. The van der Waals surface area contributed by atoms with Crippen LogP contribution in [0.15, 0.2) is 30.3 Å². The third kappa shape index (κ3) is 4.53. The topological polar surface area (TPSA) is 65.5 Å². The first-order chi connectivity index (χ1) is 14.4. The van der Waals surface area contributed by atoms with E-state index in [4.69, 9.17) is 16.3 Å². The number of para-hydroxylation sites is 1. The number of hydrazine groups is 1. The molecule has 0 aliphatic carbocycles. The van der Waals surface area contributed by atoms with Crippen LogP contribution in [0.5, 0.6) is 5.75 Å². The summed E-state index contributed by atoms with van der Waals surface area (Å²) < 4.78 is 61.3. The van der Waals surface area contributed by atoms with Gasteiger partial charge in [0.1, 0.15) is 0 Å². The predicted octanol–water partition coefficient (Wildman–Crippen LogP) is 4.99. The second-order valence-corrected chi connectivity index (χ2v) is 8.60. The highest BCUT2D eigenvalue weighted by atomic mass is 35.5.